The molecule has 5 nitrogen and oxygen atoms in total. The van der Waals surface area contributed by atoms with E-state index in [1.807, 2.05) is 36.4 Å². The van der Waals surface area contributed by atoms with Gasteiger partial charge in [-0.25, -0.2) is 4.98 Å². The fourth-order valence-corrected chi connectivity index (χ4v) is 3.71. The molecule has 2 heterocycles. The number of hydrogen-bond donors (Lipinski definition) is 1. The summed E-state index contributed by atoms with van der Waals surface area (Å²) in [7, 11) is 0. The molecule has 0 spiro atoms. The van der Waals surface area contributed by atoms with Crippen molar-refractivity contribution in [2.75, 3.05) is 41.3 Å². The minimum atomic E-state index is -0.192. The maximum atomic E-state index is 12.4. The Morgan fingerprint density at radius 2 is 1.59 bits per heavy atom. The van der Waals surface area contributed by atoms with E-state index in [9.17, 15) is 4.79 Å². The lowest BCUT2D eigenvalue weighted by molar-refractivity contribution is 0.102. The second-order valence-corrected chi connectivity index (χ2v) is 7.41. The minimum Gasteiger partial charge on any atom is -0.368 e. The van der Waals surface area contributed by atoms with Crippen LogP contribution < -0.4 is 15.1 Å². The van der Waals surface area contributed by atoms with E-state index in [0.717, 1.165) is 37.6 Å². The fourth-order valence-electron chi connectivity index (χ4n) is 3.71. The van der Waals surface area contributed by atoms with Gasteiger partial charge in [-0.05, 0) is 55.3 Å². The van der Waals surface area contributed by atoms with Gasteiger partial charge in [-0.15, -0.1) is 0 Å². The molecule has 0 saturated carbocycles. The Bertz CT molecular complexity index is 978. The summed E-state index contributed by atoms with van der Waals surface area (Å²) in [6, 6.07) is 19.7. The molecule has 0 bridgehead atoms. The molecule has 2 aromatic carbocycles. The van der Waals surface area contributed by atoms with Crippen molar-refractivity contribution in [1.29, 1.82) is 0 Å². The molecular formula is C24H26N4O. The average molecular weight is 386 g/mol. The molecule has 0 aliphatic carbocycles. The van der Waals surface area contributed by atoms with E-state index in [1.54, 1.807) is 12.3 Å². The molecule has 1 N–H and O–H groups in total. The summed E-state index contributed by atoms with van der Waals surface area (Å²) in [4.78, 5) is 21.5. The van der Waals surface area contributed by atoms with Crippen molar-refractivity contribution in [3.05, 3.63) is 83.7 Å². The topological polar surface area (TPSA) is 48.5 Å². The first-order valence-electron chi connectivity index (χ1n) is 10.0. The SMILES string of the molecule is Cc1cccc(N2CCN(c3ccc(C(=O)Nc4ccccc4)nc3)CC2)c1C. The first-order chi connectivity index (χ1) is 14.1. The van der Waals surface area contributed by atoms with Gasteiger partial charge in [-0.2, -0.15) is 0 Å². The standard InChI is InChI=1S/C24H26N4O/c1-18-7-6-10-23(19(18)2)28-15-13-27(14-16-28)21-11-12-22(25-17-21)24(29)26-20-8-4-3-5-9-20/h3-12,17H,13-16H2,1-2H3,(H,26,29). The van der Waals surface area contributed by atoms with E-state index in [-0.39, 0.29) is 5.91 Å². The number of piperazine rings is 1. The Hall–Kier alpha value is -3.34. The van der Waals surface area contributed by atoms with Crippen LogP contribution in [0.5, 0.6) is 0 Å². The average Bonchev–Trinajstić information content (AvgIpc) is 2.77. The molecule has 3 aromatic rings. The second kappa shape index (κ2) is 8.35. The van der Waals surface area contributed by atoms with Gasteiger partial charge in [0.2, 0.25) is 0 Å². The summed E-state index contributed by atoms with van der Waals surface area (Å²) in [5.74, 6) is -0.192. The van der Waals surface area contributed by atoms with Crippen molar-refractivity contribution in [3.63, 3.8) is 0 Å². The molecule has 148 valence electrons. The molecule has 1 saturated heterocycles. The Labute approximate surface area is 172 Å². The molecule has 29 heavy (non-hydrogen) atoms. The first kappa shape index (κ1) is 19.0. The zero-order valence-electron chi connectivity index (χ0n) is 16.9. The van der Waals surface area contributed by atoms with Crippen molar-refractivity contribution in [1.82, 2.24) is 4.98 Å². The van der Waals surface area contributed by atoms with Crippen LogP contribution in [0.1, 0.15) is 21.6 Å². The number of aromatic nitrogens is 1. The highest BCUT2D eigenvalue weighted by atomic mass is 16.1. The molecule has 1 aliphatic heterocycles. The van der Waals surface area contributed by atoms with Crippen molar-refractivity contribution in [2.24, 2.45) is 0 Å². The number of amides is 1. The quantitative estimate of drug-likeness (QED) is 0.727. The number of anilines is 3. The van der Waals surface area contributed by atoms with Gasteiger partial charge in [0.25, 0.3) is 5.91 Å². The van der Waals surface area contributed by atoms with E-state index in [1.165, 1.54) is 16.8 Å². The Balaban J connectivity index is 1.38. The highest BCUT2D eigenvalue weighted by Crippen LogP contribution is 2.25. The summed E-state index contributed by atoms with van der Waals surface area (Å²) in [6.45, 7) is 8.17. The lowest BCUT2D eigenvalue weighted by Gasteiger charge is -2.38. The monoisotopic (exact) mass is 386 g/mol. The highest BCUT2D eigenvalue weighted by molar-refractivity contribution is 6.02. The third kappa shape index (κ3) is 4.24. The summed E-state index contributed by atoms with van der Waals surface area (Å²) >= 11 is 0. The first-order valence-corrected chi connectivity index (χ1v) is 10.0. The van der Waals surface area contributed by atoms with E-state index in [4.69, 9.17) is 0 Å². The molecular weight excluding hydrogens is 360 g/mol. The van der Waals surface area contributed by atoms with Gasteiger partial charge in [0.1, 0.15) is 5.69 Å². The molecule has 0 unspecified atom stereocenters. The van der Waals surface area contributed by atoms with Gasteiger partial charge in [0.05, 0.1) is 11.9 Å². The van der Waals surface area contributed by atoms with Crippen LogP contribution in [-0.2, 0) is 0 Å². The van der Waals surface area contributed by atoms with Crippen LogP contribution in [0.15, 0.2) is 66.9 Å². The third-order valence-electron chi connectivity index (χ3n) is 5.57. The second-order valence-electron chi connectivity index (χ2n) is 7.41. The highest BCUT2D eigenvalue weighted by Gasteiger charge is 2.19. The van der Waals surface area contributed by atoms with E-state index in [2.05, 4.69) is 52.1 Å². The zero-order chi connectivity index (χ0) is 20.2. The van der Waals surface area contributed by atoms with Crippen LogP contribution in [0.4, 0.5) is 17.1 Å². The zero-order valence-corrected chi connectivity index (χ0v) is 16.9. The van der Waals surface area contributed by atoms with Crippen molar-refractivity contribution in [2.45, 2.75) is 13.8 Å². The third-order valence-corrected chi connectivity index (χ3v) is 5.57. The molecule has 1 aliphatic rings. The number of hydrogen-bond acceptors (Lipinski definition) is 4. The van der Waals surface area contributed by atoms with Gasteiger partial charge < -0.3 is 15.1 Å². The number of rotatable bonds is 4. The summed E-state index contributed by atoms with van der Waals surface area (Å²) in [5.41, 5.74) is 6.27. The van der Waals surface area contributed by atoms with Crippen LogP contribution in [0, 0.1) is 13.8 Å². The number of carbonyl (C=O) groups excluding carboxylic acids is 1. The molecule has 4 rings (SSSR count). The normalized spacial score (nSPS) is 14.0. The fraction of sp³-hybridized carbons (Fsp3) is 0.250. The van der Waals surface area contributed by atoms with Gasteiger partial charge in [0.15, 0.2) is 0 Å². The maximum absolute atomic E-state index is 12.4. The molecule has 0 atom stereocenters. The lowest BCUT2D eigenvalue weighted by Crippen LogP contribution is -2.46. The Kier molecular flexibility index (Phi) is 5.47. The van der Waals surface area contributed by atoms with Crippen LogP contribution in [0.2, 0.25) is 0 Å². The van der Waals surface area contributed by atoms with Crippen molar-refractivity contribution < 1.29 is 4.79 Å². The summed E-state index contributed by atoms with van der Waals surface area (Å²) < 4.78 is 0. The maximum Gasteiger partial charge on any atom is 0.274 e. The number of carbonyl (C=O) groups is 1. The Morgan fingerprint density at radius 3 is 2.28 bits per heavy atom. The number of nitrogens with one attached hydrogen (secondary N) is 1. The number of aryl methyl sites for hydroxylation is 1. The number of nitrogens with zero attached hydrogens (tertiary/aromatic N) is 3. The summed E-state index contributed by atoms with van der Waals surface area (Å²) in [6.07, 6.45) is 1.80. The molecule has 5 heteroatoms. The molecule has 1 amide bonds. The molecule has 1 fully saturated rings. The van der Waals surface area contributed by atoms with E-state index in [0.29, 0.717) is 5.69 Å². The van der Waals surface area contributed by atoms with Gasteiger partial charge >= 0.3 is 0 Å². The van der Waals surface area contributed by atoms with Crippen molar-refractivity contribution >= 4 is 23.0 Å². The van der Waals surface area contributed by atoms with Crippen LogP contribution in [0.3, 0.4) is 0 Å². The number of pyridine rings is 1. The minimum absolute atomic E-state index is 0.192. The summed E-state index contributed by atoms with van der Waals surface area (Å²) in [5, 5.41) is 2.87. The largest absolute Gasteiger partial charge is 0.368 e. The van der Waals surface area contributed by atoms with Crippen molar-refractivity contribution in [3.8, 4) is 0 Å². The van der Waals surface area contributed by atoms with Crippen LogP contribution in [-0.4, -0.2) is 37.1 Å². The van der Waals surface area contributed by atoms with Crippen LogP contribution >= 0.6 is 0 Å². The van der Waals surface area contributed by atoms with Gasteiger partial charge in [0, 0.05) is 37.6 Å². The predicted octanol–water partition coefficient (Wildman–Crippen LogP) is 4.28. The number of para-hydroxylation sites is 1. The van der Waals surface area contributed by atoms with E-state index >= 15 is 0 Å². The lowest BCUT2D eigenvalue weighted by atomic mass is 10.1. The number of benzene rings is 2. The Morgan fingerprint density at radius 1 is 0.862 bits per heavy atom. The van der Waals surface area contributed by atoms with Gasteiger partial charge in [-0.1, -0.05) is 30.3 Å². The predicted molar refractivity (Wildman–Crippen MR) is 119 cm³/mol. The van der Waals surface area contributed by atoms with Gasteiger partial charge in [-0.3, -0.25) is 4.79 Å². The molecule has 1 aromatic heterocycles. The van der Waals surface area contributed by atoms with E-state index < -0.39 is 0 Å². The van der Waals surface area contributed by atoms with Crippen LogP contribution in [0.25, 0.3) is 0 Å². The molecule has 0 radical (unpaired) electrons. The smallest absolute Gasteiger partial charge is 0.274 e.